The molecule has 0 unspecified atom stereocenters. The number of aryl methyl sites for hydroxylation is 1. The second-order valence-corrected chi connectivity index (χ2v) is 4.47. The van der Waals surface area contributed by atoms with Crippen LogP contribution in [0.5, 0.6) is 0 Å². The molecule has 0 fully saturated rings. The molecule has 0 aliphatic rings. The van der Waals surface area contributed by atoms with E-state index in [1.54, 1.807) is 13.1 Å². The zero-order valence-electron chi connectivity index (χ0n) is 11.7. The predicted molar refractivity (Wildman–Crippen MR) is 76.3 cm³/mol. The van der Waals surface area contributed by atoms with Gasteiger partial charge >= 0.3 is 0 Å². The van der Waals surface area contributed by atoms with Crippen molar-refractivity contribution in [1.29, 1.82) is 0 Å². The molecular weight excluding hydrogens is 222 g/mol. The Morgan fingerprint density at radius 2 is 2.11 bits per heavy atom. The monoisotopic (exact) mass is 243 g/mol. The van der Waals surface area contributed by atoms with E-state index in [0.29, 0.717) is 0 Å². The molecule has 96 valence electrons. The Balaban J connectivity index is 3.14. The maximum atomic E-state index is 11.7. The first-order chi connectivity index (χ1) is 8.56. The van der Waals surface area contributed by atoms with E-state index in [1.807, 2.05) is 32.1 Å². The molecule has 0 aliphatic carbocycles. The maximum Gasteiger partial charge on any atom is 0.160 e. The van der Waals surface area contributed by atoms with E-state index in [4.69, 9.17) is 0 Å². The van der Waals surface area contributed by atoms with Crippen molar-refractivity contribution in [1.82, 2.24) is 4.98 Å². The first kappa shape index (κ1) is 14.4. The minimum absolute atomic E-state index is 0.100. The van der Waals surface area contributed by atoms with Crippen molar-refractivity contribution in [2.75, 3.05) is 0 Å². The molecule has 18 heavy (non-hydrogen) atoms. The lowest BCUT2D eigenvalue weighted by molar-refractivity contribution is -0.113. The highest BCUT2D eigenvalue weighted by Gasteiger charge is 2.07. The molecule has 0 aliphatic heterocycles. The largest absolute Gasteiger partial charge is 0.295 e. The van der Waals surface area contributed by atoms with E-state index in [-0.39, 0.29) is 5.78 Å². The molecule has 0 N–H and O–H groups in total. The number of Topliss-reactive ketones (excluding diaryl/α,β-unsaturated/α-hetero) is 1. The Labute approximate surface area is 109 Å². The fourth-order valence-electron chi connectivity index (χ4n) is 1.77. The SMILES string of the molecule is CCC/C=C(C)/C(=C\c1cccnc1C)C(C)=O. The van der Waals surface area contributed by atoms with Crippen LogP contribution in [0, 0.1) is 6.92 Å². The third-order valence-corrected chi connectivity index (χ3v) is 2.89. The Morgan fingerprint density at radius 3 is 2.67 bits per heavy atom. The summed E-state index contributed by atoms with van der Waals surface area (Å²) in [6, 6.07) is 3.88. The van der Waals surface area contributed by atoms with E-state index in [2.05, 4.69) is 18.0 Å². The van der Waals surface area contributed by atoms with Crippen LogP contribution in [-0.2, 0) is 4.79 Å². The van der Waals surface area contributed by atoms with Gasteiger partial charge in [0.2, 0.25) is 0 Å². The maximum absolute atomic E-state index is 11.7. The standard InChI is InChI=1S/C16H21NO/c1-5-6-8-12(2)16(14(4)18)11-15-9-7-10-17-13(15)3/h7-11H,5-6H2,1-4H3/b12-8+,16-11+. The smallest absolute Gasteiger partial charge is 0.160 e. The lowest BCUT2D eigenvalue weighted by Crippen LogP contribution is -1.99. The summed E-state index contributed by atoms with van der Waals surface area (Å²) in [4.78, 5) is 16.0. The van der Waals surface area contributed by atoms with Crippen molar-refractivity contribution in [2.24, 2.45) is 0 Å². The topological polar surface area (TPSA) is 30.0 Å². The van der Waals surface area contributed by atoms with Crippen molar-refractivity contribution in [3.63, 3.8) is 0 Å². The highest BCUT2D eigenvalue weighted by Crippen LogP contribution is 2.17. The number of pyridine rings is 1. The normalized spacial score (nSPS) is 12.7. The summed E-state index contributed by atoms with van der Waals surface area (Å²) in [5, 5.41) is 0. The van der Waals surface area contributed by atoms with Crippen molar-refractivity contribution in [3.05, 3.63) is 46.8 Å². The highest BCUT2D eigenvalue weighted by atomic mass is 16.1. The number of hydrogen-bond acceptors (Lipinski definition) is 2. The van der Waals surface area contributed by atoms with E-state index < -0.39 is 0 Å². The molecule has 0 atom stereocenters. The van der Waals surface area contributed by atoms with Gasteiger partial charge in [-0.1, -0.05) is 25.5 Å². The first-order valence-electron chi connectivity index (χ1n) is 6.37. The molecule has 1 heterocycles. The van der Waals surface area contributed by atoms with Crippen molar-refractivity contribution in [3.8, 4) is 0 Å². The summed E-state index contributed by atoms with van der Waals surface area (Å²) in [6.07, 6.45) is 7.92. The van der Waals surface area contributed by atoms with Gasteiger partial charge in [0.1, 0.15) is 0 Å². The van der Waals surface area contributed by atoms with Gasteiger partial charge in [-0.25, -0.2) is 0 Å². The number of carbonyl (C=O) groups is 1. The third kappa shape index (κ3) is 3.95. The number of ketones is 1. The summed E-state index contributed by atoms with van der Waals surface area (Å²) in [5.74, 6) is 0.100. The number of aromatic nitrogens is 1. The Hall–Kier alpha value is -1.70. The molecule has 1 rings (SSSR count). The first-order valence-corrected chi connectivity index (χ1v) is 6.37. The molecule has 0 radical (unpaired) electrons. The van der Waals surface area contributed by atoms with Gasteiger partial charge in [0.15, 0.2) is 5.78 Å². The van der Waals surface area contributed by atoms with Gasteiger partial charge in [-0.3, -0.25) is 9.78 Å². The quantitative estimate of drug-likeness (QED) is 0.575. The minimum atomic E-state index is 0.100. The van der Waals surface area contributed by atoms with Crippen molar-refractivity contribution < 1.29 is 4.79 Å². The summed E-state index contributed by atoms with van der Waals surface area (Å²) in [5.41, 5.74) is 3.78. The average molecular weight is 243 g/mol. The van der Waals surface area contributed by atoms with Crippen LogP contribution < -0.4 is 0 Å². The second kappa shape index (κ2) is 6.90. The lowest BCUT2D eigenvalue weighted by atomic mass is 9.99. The van der Waals surface area contributed by atoms with Gasteiger partial charge < -0.3 is 0 Å². The zero-order valence-corrected chi connectivity index (χ0v) is 11.7. The number of rotatable bonds is 5. The van der Waals surface area contributed by atoms with Gasteiger partial charge in [0, 0.05) is 17.5 Å². The van der Waals surface area contributed by atoms with Crippen molar-refractivity contribution >= 4 is 11.9 Å². The second-order valence-electron chi connectivity index (χ2n) is 4.47. The molecule has 0 bridgehead atoms. The Morgan fingerprint density at radius 1 is 1.39 bits per heavy atom. The Kier molecular flexibility index (Phi) is 5.50. The van der Waals surface area contributed by atoms with Gasteiger partial charge in [-0.2, -0.15) is 0 Å². The molecule has 1 aromatic rings. The minimum Gasteiger partial charge on any atom is -0.295 e. The van der Waals surface area contributed by atoms with Crippen LogP contribution in [0.3, 0.4) is 0 Å². The van der Waals surface area contributed by atoms with Crippen LogP contribution in [-0.4, -0.2) is 10.8 Å². The van der Waals surface area contributed by atoms with Gasteiger partial charge in [0.05, 0.1) is 0 Å². The number of nitrogens with zero attached hydrogens (tertiary/aromatic N) is 1. The predicted octanol–water partition coefficient (Wildman–Crippen LogP) is 4.11. The van der Waals surface area contributed by atoms with Crippen LogP contribution >= 0.6 is 0 Å². The van der Waals surface area contributed by atoms with E-state index in [0.717, 1.165) is 35.2 Å². The molecule has 0 spiro atoms. The molecule has 2 heteroatoms. The van der Waals surface area contributed by atoms with Crippen LogP contribution in [0.2, 0.25) is 0 Å². The summed E-state index contributed by atoms with van der Waals surface area (Å²) in [6.45, 7) is 7.69. The summed E-state index contributed by atoms with van der Waals surface area (Å²) >= 11 is 0. The summed E-state index contributed by atoms with van der Waals surface area (Å²) in [7, 11) is 0. The molecule has 2 nitrogen and oxygen atoms in total. The van der Waals surface area contributed by atoms with Crippen LogP contribution in [0.25, 0.3) is 6.08 Å². The molecule has 0 saturated heterocycles. The zero-order chi connectivity index (χ0) is 13.5. The molecule has 0 amide bonds. The van der Waals surface area contributed by atoms with E-state index in [1.165, 1.54) is 0 Å². The summed E-state index contributed by atoms with van der Waals surface area (Å²) < 4.78 is 0. The fourth-order valence-corrected chi connectivity index (χ4v) is 1.77. The fraction of sp³-hybridized carbons (Fsp3) is 0.375. The van der Waals surface area contributed by atoms with Gasteiger partial charge in [-0.05, 0) is 50.5 Å². The van der Waals surface area contributed by atoms with Crippen molar-refractivity contribution in [2.45, 2.75) is 40.5 Å². The van der Waals surface area contributed by atoms with Gasteiger partial charge in [-0.15, -0.1) is 0 Å². The van der Waals surface area contributed by atoms with Crippen LogP contribution in [0.1, 0.15) is 44.9 Å². The molecule has 1 aromatic heterocycles. The molecular formula is C16H21NO. The van der Waals surface area contributed by atoms with Crippen LogP contribution in [0.4, 0.5) is 0 Å². The van der Waals surface area contributed by atoms with E-state index in [9.17, 15) is 4.79 Å². The number of unbranched alkanes of at least 4 members (excludes halogenated alkanes) is 1. The van der Waals surface area contributed by atoms with E-state index >= 15 is 0 Å². The third-order valence-electron chi connectivity index (χ3n) is 2.89. The highest BCUT2D eigenvalue weighted by molar-refractivity contribution is 6.02. The number of carbonyl (C=O) groups excluding carboxylic acids is 1. The van der Waals surface area contributed by atoms with Gasteiger partial charge in [0.25, 0.3) is 0 Å². The number of allylic oxidation sites excluding steroid dienone is 3. The molecule has 0 aromatic carbocycles. The lowest BCUT2D eigenvalue weighted by Gasteiger charge is -2.06. The molecule has 0 saturated carbocycles. The Bertz CT molecular complexity index is 484. The average Bonchev–Trinajstić information content (AvgIpc) is 2.34. The number of hydrogen-bond donors (Lipinski definition) is 0. The van der Waals surface area contributed by atoms with Crippen LogP contribution in [0.15, 0.2) is 35.6 Å².